The highest BCUT2D eigenvalue weighted by Crippen LogP contribution is 2.11. The number of hydrogen-bond acceptors (Lipinski definition) is 4. The van der Waals surface area contributed by atoms with Crippen molar-refractivity contribution in [1.82, 2.24) is 15.5 Å². The van der Waals surface area contributed by atoms with Crippen molar-refractivity contribution in [3.63, 3.8) is 0 Å². The van der Waals surface area contributed by atoms with E-state index in [1.54, 1.807) is 0 Å². The average Bonchev–Trinajstić information content (AvgIpc) is 2.51. The number of H-pyrrole nitrogens is 1. The Balaban J connectivity index is 1.99. The maximum Gasteiger partial charge on any atom is 0.308 e. The number of aliphatic carboxylic acids is 1. The fraction of sp³-hybridized carbons (Fsp3) is 0.250. The minimum atomic E-state index is -0.985. The van der Waals surface area contributed by atoms with Gasteiger partial charge in [0.15, 0.2) is 0 Å². The highest BCUT2D eigenvalue weighted by Gasteiger charge is 2.20. The Bertz CT molecular complexity index is 749. The van der Waals surface area contributed by atoms with Crippen molar-refractivity contribution in [2.75, 3.05) is 6.54 Å². The van der Waals surface area contributed by atoms with Crippen LogP contribution in [0.25, 0.3) is 0 Å². The van der Waals surface area contributed by atoms with Gasteiger partial charge >= 0.3 is 5.97 Å². The molecule has 0 aliphatic rings. The first-order valence-corrected chi connectivity index (χ1v) is 7.08. The van der Waals surface area contributed by atoms with Gasteiger partial charge in [0.25, 0.3) is 11.5 Å². The molecule has 0 aliphatic heterocycles. The fourth-order valence-electron chi connectivity index (χ4n) is 2.15. The van der Waals surface area contributed by atoms with E-state index in [2.05, 4.69) is 15.5 Å². The number of benzene rings is 1. The summed E-state index contributed by atoms with van der Waals surface area (Å²) in [5, 5.41) is 17.6. The molecular formula is C16H17N3O4. The topological polar surface area (TPSA) is 112 Å². The van der Waals surface area contributed by atoms with Gasteiger partial charge in [-0.05, 0) is 25.0 Å². The zero-order chi connectivity index (χ0) is 16.8. The zero-order valence-electron chi connectivity index (χ0n) is 12.6. The van der Waals surface area contributed by atoms with Gasteiger partial charge in [0.05, 0.1) is 5.92 Å². The number of carbonyl (C=O) groups is 2. The number of hydrogen-bond donors (Lipinski definition) is 3. The number of carbonyl (C=O) groups excluding carboxylic acids is 1. The summed E-state index contributed by atoms with van der Waals surface area (Å²) >= 11 is 0. The molecule has 7 heteroatoms. The van der Waals surface area contributed by atoms with Crippen molar-refractivity contribution in [3.8, 4) is 0 Å². The SMILES string of the molecule is Cc1cccc(CC(CNC(=O)c2ccc(=O)[nH]n2)C(=O)O)c1. The van der Waals surface area contributed by atoms with Gasteiger partial charge in [-0.3, -0.25) is 14.4 Å². The molecule has 23 heavy (non-hydrogen) atoms. The Morgan fingerprint density at radius 1 is 1.30 bits per heavy atom. The maximum atomic E-state index is 11.9. The number of aryl methyl sites for hydroxylation is 1. The van der Waals surface area contributed by atoms with Crippen LogP contribution < -0.4 is 10.9 Å². The largest absolute Gasteiger partial charge is 0.481 e. The predicted molar refractivity (Wildman–Crippen MR) is 83.2 cm³/mol. The number of amides is 1. The van der Waals surface area contributed by atoms with Crippen LogP contribution in [0.2, 0.25) is 0 Å². The zero-order valence-corrected chi connectivity index (χ0v) is 12.6. The molecule has 1 aromatic carbocycles. The second kappa shape index (κ2) is 7.35. The molecule has 1 unspecified atom stereocenters. The van der Waals surface area contributed by atoms with Crippen LogP contribution in [0.1, 0.15) is 21.6 Å². The predicted octanol–water partition coefficient (Wildman–Crippen LogP) is 0.752. The second-order valence-electron chi connectivity index (χ2n) is 5.24. The van der Waals surface area contributed by atoms with Gasteiger partial charge in [-0.15, -0.1) is 0 Å². The maximum absolute atomic E-state index is 11.9. The Morgan fingerprint density at radius 2 is 2.09 bits per heavy atom. The number of aromatic amines is 1. The van der Waals surface area contributed by atoms with Gasteiger partial charge in [0.1, 0.15) is 5.69 Å². The molecular weight excluding hydrogens is 298 g/mol. The van der Waals surface area contributed by atoms with Crippen molar-refractivity contribution < 1.29 is 14.7 Å². The molecule has 3 N–H and O–H groups in total. The number of carboxylic acids is 1. The number of aromatic nitrogens is 2. The fourth-order valence-corrected chi connectivity index (χ4v) is 2.15. The molecule has 0 saturated heterocycles. The third-order valence-corrected chi connectivity index (χ3v) is 3.33. The Labute approximate surface area is 132 Å². The smallest absolute Gasteiger partial charge is 0.308 e. The van der Waals surface area contributed by atoms with E-state index in [1.807, 2.05) is 31.2 Å². The summed E-state index contributed by atoms with van der Waals surface area (Å²) in [5.41, 5.74) is 1.57. The van der Waals surface area contributed by atoms with E-state index in [-0.39, 0.29) is 12.2 Å². The van der Waals surface area contributed by atoms with E-state index < -0.39 is 23.4 Å². The van der Waals surface area contributed by atoms with Crippen molar-refractivity contribution in [3.05, 3.63) is 63.6 Å². The summed E-state index contributed by atoms with van der Waals surface area (Å²) in [6.07, 6.45) is 0.316. The van der Waals surface area contributed by atoms with E-state index in [0.29, 0.717) is 6.42 Å². The molecule has 1 amide bonds. The minimum absolute atomic E-state index is 0.0249. The van der Waals surface area contributed by atoms with Crippen molar-refractivity contribution >= 4 is 11.9 Å². The van der Waals surface area contributed by atoms with Gasteiger partial charge in [-0.1, -0.05) is 29.8 Å². The average molecular weight is 315 g/mol. The van der Waals surface area contributed by atoms with Crippen molar-refractivity contribution in [1.29, 1.82) is 0 Å². The molecule has 0 fully saturated rings. The molecule has 1 atom stereocenters. The lowest BCUT2D eigenvalue weighted by Crippen LogP contribution is -2.34. The summed E-state index contributed by atoms with van der Waals surface area (Å²) in [4.78, 5) is 34.2. The monoisotopic (exact) mass is 315 g/mol. The number of rotatable bonds is 6. The van der Waals surface area contributed by atoms with Crippen LogP contribution in [0.3, 0.4) is 0 Å². The van der Waals surface area contributed by atoms with Gasteiger partial charge in [-0.2, -0.15) is 5.10 Å². The molecule has 2 aromatic rings. The Hall–Kier alpha value is -2.96. The van der Waals surface area contributed by atoms with Crippen LogP contribution >= 0.6 is 0 Å². The quantitative estimate of drug-likeness (QED) is 0.728. The van der Waals surface area contributed by atoms with E-state index in [4.69, 9.17) is 0 Å². The Morgan fingerprint density at radius 3 is 2.70 bits per heavy atom. The summed E-state index contributed by atoms with van der Waals surface area (Å²) in [7, 11) is 0. The summed E-state index contributed by atoms with van der Waals surface area (Å²) < 4.78 is 0. The lowest BCUT2D eigenvalue weighted by molar-refractivity contribution is -0.141. The van der Waals surface area contributed by atoms with E-state index >= 15 is 0 Å². The van der Waals surface area contributed by atoms with E-state index in [0.717, 1.165) is 11.1 Å². The molecule has 2 rings (SSSR count). The first-order chi connectivity index (χ1) is 11.0. The second-order valence-corrected chi connectivity index (χ2v) is 5.24. The standard InChI is InChI=1S/C16H17N3O4/c1-10-3-2-4-11(7-10)8-12(16(22)23)9-17-15(21)13-5-6-14(20)19-18-13/h2-7,12H,8-9H2,1H3,(H,17,21)(H,19,20)(H,22,23). The molecule has 1 heterocycles. The van der Waals surface area contributed by atoms with E-state index in [1.165, 1.54) is 12.1 Å². The number of nitrogens with one attached hydrogen (secondary N) is 2. The van der Waals surface area contributed by atoms with Gasteiger partial charge in [0.2, 0.25) is 0 Å². The first-order valence-electron chi connectivity index (χ1n) is 7.08. The third kappa shape index (κ3) is 4.77. The molecule has 0 aliphatic carbocycles. The van der Waals surface area contributed by atoms with Crippen LogP contribution in [0.15, 0.2) is 41.2 Å². The summed E-state index contributed by atoms with van der Waals surface area (Å²) in [6.45, 7) is 1.91. The van der Waals surface area contributed by atoms with Gasteiger partial charge in [0, 0.05) is 12.6 Å². The molecule has 7 nitrogen and oxygen atoms in total. The molecule has 0 saturated carbocycles. The third-order valence-electron chi connectivity index (χ3n) is 3.33. The normalized spacial score (nSPS) is 11.7. The summed E-state index contributed by atoms with van der Waals surface area (Å²) in [5.74, 6) is -2.26. The lowest BCUT2D eigenvalue weighted by Gasteiger charge is -2.13. The highest BCUT2D eigenvalue weighted by atomic mass is 16.4. The van der Waals surface area contributed by atoms with Crippen LogP contribution in [0.4, 0.5) is 0 Å². The van der Waals surface area contributed by atoms with E-state index in [9.17, 15) is 19.5 Å². The molecule has 0 spiro atoms. The summed E-state index contributed by atoms with van der Waals surface area (Å²) in [6, 6.07) is 10.0. The highest BCUT2D eigenvalue weighted by molar-refractivity contribution is 5.92. The number of nitrogens with zero attached hydrogens (tertiary/aromatic N) is 1. The first kappa shape index (κ1) is 16.4. The number of carboxylic acid groups (broad SMARTS) is 1. The van der Waals surface area contributed by atoms with Gasteiger partial charge < -0.3 is 10.4 Å². The minimum Gasteiger partial charge on any atom is -0.481 e. The van der Waals surface area contributed by atoms with Crippen LogP contribution in [-0.2, 0) is 11.2 Å². The van der Waals surface area contributed by atoms with Crippen molar-refractivity contribution in [2.45, 2.75) is 13.3 Å². The van der Waals surface area contributed by atoms with Gasteiger partial charge in [-0.25, -0.2) is 5.10 Å². The molecule has 120 valence electrons. The van der Waals surface area contributed by atoms with Crippen LogP contribution in [0, 0.1) is 12.8 Å². The Kier molecular flexibility index (Phi) is 5.24. The van der Waals surface area contributed by atoms with Crippen LogP contribution in [0.5, 0.6) is 0 Å². The lowest BCUT2D eigenvalue weighted by atomic mass is 9.98. The molecule has 1 aromatic heterocycles. The van der Waals surface area contributed by atoms with Crippen molar-refractivity contribution in [2.24, 2.45) is 5.92 Å². The van der Waals surface area contributed by atoms with Crippen LogP contribution in [-0.4, -0.2) is 33.7 Å². The molecule has 0 bridgehead atoms. The molecule has 0 radical (unpaired) electrons.